The van der Waals surface area contributed by atoms with Crippen molar-refractivity contribution in [1.29, 1.82) is 0 Å². The first-order chi connectivity index (χ1) is 8.20. The molecule has 5 nitrogen and oxygen atoms in total. The molecule has 106 valence electrons. The molecule has 0 saturated carbocycles. The molecule has 0 atom stereocenters. The monoisotopic (exact) mass is 260 g/mol. The lowest BCUT2D eigenvalue weighted by Gasteiger charge is -1.89. The molecule has 0 spiro atoms. The Labute approximate surface area is 108 Å². The van der Waals surface area contributed by atoms with E-state index in [0.717, 1.165) is 6.26 Å². The van der Waals surface area contributed by atoms with E-state index in [9.17, 15) is 9.59 Å². The van der Waals surface area contributed by atoms with Crippen LogP contribution >= 0.6 is 0 Å². The van der Waals surface area contributed by atoms with Gasteiger partial charge in [0.05, 0.1) is 18.1 Å². The predicted molar refractivity (Wildman–Crippen MR) is 71.5 cm³/mol. The van der Waals surface area contributed by atoms with Crippen LogP contribution in [0.4, 0.5) is 0 Å². The van der Waals surface area contributed by atoms with E-state index >= 15 is 0 Å². The molecule has 0 saturated heterocycles. The fourth-order valence-corrected chi connectivity index (χ4v) is 0.161. The summed E-state index contributed by atoms with van der Waals surface area (Å²) >= 11 is 0. The number of hydrogen-bond donors (Lipinski definition) is 3. The first-order valence-corrected chi connectivity index (χ1v) is 5.58. The van der Waals surface area contributed by atoms with Gasteiger partial charge in [-0.2, -0.15) is 0 Å². The number of rotatable bonds is 3. The molecule has 0 aromatic carbocycles. The Morgan fingerprint density at radius 1 is 0.889 bits per heavy atom. The Balaban J connectivity index is -0.000000187. The number of allylic oxidation sites excluding steroid dienone is 3. The van der Waals surface area contributed by atoms with E-state index < -0.39 is 11.9 Å². The van der Waals surface area contributed by atoms with E-state index in [-0.39, 0.29) is 11.8 Å². The Hall–Kier alpha value is -1.78. The van der Waals surface area contributed by atoms with Gasteiger partial charge in [-0.15, -0.1) is 0 Å². The minimum Gasteiger partial charge on any atom is -0.516 e. The molecule has 0 aromatic heterocycles. The second kappa shape index (κ2) is 15.2. The second-order valence-electron chi connectivity index (χ2n) is 3.85. The highest BCUT2D eigenvalue weighted by atomic mass is 16.4. The topological polar surface area (TPSA) is 94.8 Å². The molecule has 0 bridgehead atoms. The average molecular weight is 260 g/mol. The van der Waals surface area contributed by atoms with Gasteiger partial charge in [0.1, 0.15) is 0 Å². The number of aliphatic hydroxyl groups is 1. The highest BCUT2D eigenvalue weighted by Gasteiger charge is 1.99. The SMILES string of the molecule is CC(C)C(=O)O.CC(C)C(=O)O.CC=CC=CO. The minimum atomic E-state index is -0.741. The Bertz CT molecular complexity index is 237. The standard InChI is InChI=1S/C5H8O.2C4H8O2/c1-2-3-4-5-6;2*1-3(2)4(5)6/h2-6H,1H3;2*3H,1-2H3,(H,5,6). The number of carboxylic acids is 2. The number of carboxylic acid groups (broad SMARTS) is 2. The smallest absolute Gasteiger partial charge is 0.305 e. The van der Waals surface area contributed by atoms with E-state index in [1.54, 1.807) is 39.8 Å². The van der Waals surface area contributed by atoms with Crippen molar-refractivity contribution >= 4 is 11.9 Å². The number of carbonyl (C=O) groups is 2. The van der Waals surface area contributed by atoms with Gasteiger partial charge in [-0.3, -0.25) is 9.59 Å². The van der Waals surface area contributed by atoms with Gasteiger partial charge in [-0.1, -0.05) is 39.8 Å². The quantitative estimate of drug-likeness (QED) is 0.535. The van der Waals surface area contributed by atoms with Gasteiger partial charge in [-0.25, -0.2) is 0 Å². The molecule has 0 unspecified atom stereocenters. The van der Waals surface area contributed by atoms with Crippen LogP contribution < -0.4 is 0 Å². The maximum Gasteiger partial charge on any atom is 0.305 e. The lowest BCUT2D eigenvalue weighted by Crippen LogP contribution is -2.03. The highest BCUT2D eigenvalue weighted by Crippen LogP contribution is 1.87. The van der Waals surface area contributed by atoms with Crippen LogP contribution in [-0.4, -0.2) is 27.3 Å². The molecule has 0 radical (unpaired) electrons. The lowest BCUT2D eigenvalue weighted by molar-refractivity contribution is -0.141. The van der Waals surface area contributed by atoms with Crippen molar-refractivity contribution in [2.75, 3.05) is 0 Å². The van der Waals surface area contributed by atoms with Crippen LogP contribution in [0.5, 0.6) is 0 Å². The summed E-state index contributed by atoms with van der Waals surface area (Å²) in [7, 11) is 0. The van der Waals surface area contributed by atoms with E-state index in [1.807, 2.05) is 13.0 Å². The fraction of sp³-hybridized carbons (Fsp3) is 0.538. The van der Waals surface area contributed by atoms with Crippen LogP contribution in [0.1, 0.15) is 34.6 Å². The van der Waals surface area contributed by atoms with E-state index in [2.05, 4.69) is 0 Å². The third-order valence-corrected chi connectivity index (χ3v) is 1.38. The predicted octanol–water partition coefficient (Wildman–Crippen LogP) is 3.09. The summed E-state index contributed by atoms with van der Waals surface area (Å²) < 4.78 is 0. The van der Waals surface area contributed by atoms with E-state index in [4.69, 9.17) is 15.3 Å². The van der Waals surface area contributed by atoms with Crippen LogP contribution in [0.25, 0.3) is 0 Å². The molecular weight excluding hydrogens is 236 g/mol. The Morgan fingerprint density at radius 2 is 1.17 bits per heavy atom. The molecule has 18 heavy (non-hydrogen) atoms. The van der Waals surface area contributed by atoms with E-state index in [0.29, 0.717) is 0 Å². The maximum atomic E-state index is 9.70. The molecule has 0 heterocycles. The third-order valence-electron chi connectivity index (χ3n) is 1.38. The van der Waals surface area contributed by atoms with Gasteiger partial charge < -0.3 is 15.3 Å². The summed E-state index contributed by atoms with van der Waals surface area (Å²) in [5, 5.41) is 23.9. The molecule has 0 aliphatic carbocycles. The van der Waals surface area contributed by atoms with Gasteiger partial charge in [0, 0.05) is 0 Å². The molecule has 0 aromatic rings. The first kappa shape index (κ1) is 21.5. The second-order valence-corrected chi connectivity index (χ2v) is 3.85. The average Bonchev–Trinajstić information content (AvgIpc) is 2.27. The molecule has 0 aliphatic heterocycles. The van der Waals surface area contributed by atoms with Crippen molar-refractivity contribution in [2.45, 2.75) is 34.6 Å². The van der Waals surface area contributed by atoms with Gasteiger partial charge in [0.25, 0.3) is 0 Å². The van der Waals surface area contributed by atoms with Crippen LogP contribution in [0.15, 0.2) is 24.5 Å². The van der Waals surface area contributed by atoms with Gasteiger partial charge in [-0.05, 0) is 13.0 Å². The molecule has 3 N–H and O–H groups in total. The van der Waals surface area contributed by atoms with Crippen molar-refractivity contribution in [3.8, 4) is 0 Å². The lowest BCUT2D eigenvalue weighted by atomic mass is 10.2. The molecule has 0 aliphatic rings. The van der Waals surface area contributed by atoms with Crippen molar-refractivity contribution in [3.63, 3.8) is 0 Å². The molecular formula is C13H24O5. The summed E-state index contributed by atoms with van der Waals surface area (Å²) in [6.45, 7) is 8.45. The van der Waals surface area contributed by atoms with Gasteiger partial charge >= 0.3 is 11.9 Å². The number of aliphatic hydroxyl groups excluding tert-OH is 1. The van der Waals surface area contributed by atoms with Crippen LogP contribution in [0.2, 0.25) is 0 Å². The van der Waals surface area contributed by atoms with Crippen LogP contribution in [0.3, 0.4) is 0 Å². The van der Waals surface area contributed by atoms with Crippen molar-refractivity contribution in [1.82, 2.24) is 0 Å². The summed E-state index contributed by atoms with van der Waals surface area (Å²) in [5.74, 6) is -1.94. The Morgan fingerprint density at radius 3 is 1.22 bits per heavy atom. The van der Waals surface area contributed by atoms with E-state index in [1.165, 1.54) is 0 Å². The van der Waals surface area contributed by atoms with Crippen molar-refractivity contribution < 1.29 is 24.9 Å². The third kappa shape index (κ3) is 29.2. The highest BCUT2D eigenvalue weighted by molar-refractivity contribution is 5.69. The normalized spacial score (nSPS) is 9.94. The van der Waals surface area contributed by atoms with Crippen LogP contribution in [0, 0.1) is 11.8 Å². The minimum absolute atomic E-state index is 0.231. The largest absolute Gasteiger partial charge is 0.516 e. The summed E-state index contributed by atoms with van der Waals surface area (Å²) in [6.07, 6.45) is 6.15. The Kier molecular flexibility index (Phi) is 18.2. The number of aliphatic carboxylic acids is 2. The van der Waals surface area contributed by atoms with Crippen LogP contribution in [-0.2, 0) is 9.59 Å². The molecule has 5 heteroatoms. The first-order valence-electron chi connectivity index (χ1n) is 5.58. The molecule has 0 fully saturated rings. The zero-order valence-electron chi connectivity index (χ0n) is 11.6. The zero-order chi connectivity index (χ0) is 15.1. The van der Waals surface area contributed by atoms with Gasteiger partial charge in [0.2, 0.25) is 0 Å². The summed E-state index contributed by atoms with van der Waals surface area (Å²) in [5.41, 5.74) is 0. The molecule has 0 amide bonds. The maximum absolute atomic E-state index is 9.70. The molecule has 0 rings (SSSR count). The summed E-state index contributed by atoms with van der Waals surface area (Å²) in [6, 6.07) is 0. The fourth-order valence-electron chi connectivity index (χ4n) is 0.161. The van der Waals surface area contributed by atoms with Crippen molar-refractivity contribution in [2.24, 2.45) is 11.8 Å². The summed E-state index contributed by atoms with van der Waals surface area (Å²) in [4.78, 5) is 19.4. The van der Waals surface area contributed by atoms with Crippen molar-refractivity contribution in [3.05, 3.63) is 24.5 Å². The van der Waals surface area contributed by atoms with Gasteiger partial charge in [0.15, 0.2) is 0 Å². The zero-order valence-corrected chi connectivity index (χ0v) is 11.6. The number of hydrogen-bond acceptors (Lipinski definition) is 3.